The Morgan fingerprint density at radius 3 is 2.17 bits per heavy atom. The molecule has 0 fully saturated rings. The lowest BCUT2D eigenvalue weighted by atomic mass is 10.2. The Labute approximate surface area is 170 Å². The van der Waals surface area contributed by atoms with Crippen molar-refractivity contribution in [2.75, 3.05) is 6.54 Å². The minimum absolute atomic E-state index is 0.0439. The zero-order chi connectivity index (χ0) is 21.1. The molecular formula is C20H19N3O4S2. The standard InChI is InChI=1S/C20H19N3O4S2/c1-17-9-11-20(12-10-17)28(24,25)22(15-13-21)16-18-6-5-14-23(18)29(26,27)19-7-3-2-4-8-19/h2-12,14H,15-16H2,1H3. The number of hydrogen-bond donors (Lipinski definition) is 0. The molecule has 150 valence electrons. The highest BCUT2D eigenvalue weighted by Crippen LogP contribution is 2.22. The van der Waals surface area contributed by atoms with Gasteiger partial charge >= 0.3 is 0 Å². The quantitative estimate of drug-likeness (QED) is 0.538. The van der Waals surface area contributed by atoms with Crippen molar-refractivity contribution < 1.29 is 16.8 Å². The van der Waals surface area contributed by atoms with E-state index in [9.17, 15) is 16.8 Å². The highest BCUT2D eigenvalue weighted by Gasteiger charge is 2.27. The maximum absolute atomic E-state index is 13.0. The van der Waals surface area contributed by atoms with Gasteiger partial charge in [-0.05, 0) is 43.3 Å². The number of hydrogen-bond acceptors (Lipinski definition) is 5. The molecule has 3 rings (SSSR count). The SMILES string of the molecule is Cc1ccc(S(=O)(=O)N(CC#N)Cc2cccn2S(=O)(=O)c2ccccc2)cc1. The van der Waals surface area contributed by atoms with E-state index in [1.807, 2.05) is 13.0 Å². The molecule has 1 aromatic heterocycles. The zero-order valence-corrected chi connectivity index (χ0v) is 17.3. The van der Waals surface area contributed by atoms with Crippen LogP contribution in [0.15, 0.2) is 82.7 Å². The normalized spacial score (nSPS) is 12.0. The Kier molecular flexibility index (Phi) is 5.88. The van der Waals surface area contributed by atoms with Crippen LogP contribution in [0.5, 0.6) is 0 Å². The van der Waals surface area contributed by atoms with Crippen LogP contribution in [0.4, 0.5) is 0 Å². The smallest absolute Gasteiger partial charge is 0.245 e. The fraction of sp³-hybridized carbons (Fsp3) is 0.150. The van der Waals surface area contributed by atoms with Crippen LogP contribution in [0.25, 0.3) is 0 Å². The van der Waals surface area contributed by atoms with E-state index in [0.717, 1.165) is 13.8 Å². The summed E-state index contributed by atoms with van der Waals surface area (Å²) in [4.78, 5) is 0.132. The maximum Gasteiger partial charge on any atom is 0.267 e. The molecule has 0 unspecified atom stereocenters. The van der Waals surface area contributed by atoms with Gasteiger partial charge in [0.2, 0.25) is 10.0 Å². The molecule has 0 aliphatic rings. The number of rotatable bonds is 7. The van der Waals surface area contributed by atoms with Gasteiger partial charge in [-0.3, -0.25) is 0 Å². The molecule has 7 nitrogen and oxygen atoms in total. The summed E-state index contributed by atoms with van der Waals surface area (Å²) in [7, 11) is -7.87. The first kappa shape index (κ1) is 20.8. The van der Waals surface area contributed by atoms with Gasteiger partial charge in [-0.2, -0.15) is 9.57 Å². The summed E-state index contributed by atoms with van der Waals surface area (Å²) in [6, 6.07) is 19.0. The first-order valence-corrected chi connectivity index (χ1v) is 11.6. The third kappa shape index (κ3) is 4.24. The van der Waals surface area contributed by atoms with Crippen LogP contribution in [0.1, 0.15) is 11.3 Å². The molecule has 0 atom stereocenters. The van der Waals surface area contributed by atoms with Gasteiger partial charge in [0.25, 0.3) is 10.0 Å². The Morgan fingerprint density at radius 2 is 1.55 bits per heavy atom. The molecule has 0 saturated heterocycles. The van der Waals surface area contributed by atoms with Crippen LogP contribution in [-0.2, 0) is 26.6 Å². The Morgan fingerprint density at radius 1 is 0.897 bits per heavy atom. The van der Waals surface area contributed by atoms with Crippen molar-refractivity contribution in [1.82, 2.24) is 8.28 Å². The highest BCUT2D eigenvalue weighted by atomic mass is 32.2. The molecule has 1 heterocycles. The van der Waals surface area contributed by atoms with Gasteiger partial charge in [0.05, 0.1) is 22.4 Å². The van der Waals surface area contributed by atoms with Gasteiger partial charge < -0.3 is 0 Å². The monoisotopic (exact) mass is 429 g/mol. The molecule has 29 heavy (non-hydrogen) atoms. The lowest BCUT2D eigenvalue weighted by molar-refractivity contribution is 0.435. The second-order valence-electron chi connectivity index (χ2n) is 6.36. The van der Waals surface area contributed by atoms with Gasteiger partial charge in [-0.1, -0.05) is 35.9 Å². The summed E-state index contributed by atoms with van der Waals surface area (Å²) in [5, 5.41) is 9.15. The minimum Gasteiger partial charge on any atom is -0.245 e. The molecule has 2 aromatic carbocycles. The van der Waals surface area contributed by atoms with E-state index in [1.165, 1.54) is 42.6 Å². The molecular weight excluding hydrogens is 410 g/mol. The van der Waals surface area contributed by atoms with Gasteiger partial charge in [-0.25, -0.2) is 20.8 Å². The van der Waals surface area contributed by atoms with Crippen molar-refractivity contribution >= 4 is 20.0 Å². The molecule has 3 aromatic rings. The van der Waals surface area contributed by atoms with Crippen LogP contribution in [0.2, 0.25) is 0 Å². The first-order chi connectivity index (χ1) is 13.8. The van der Waals surface area contributed by atoms with E-state index in [1.54, 1.807) is 30.3 Å². The molecule has 0 aliphatic carbocycles. The maximum atomic E-state index is 13.0. The predicted molar refractivity (Wildman–Crippen MR) is 108 cm³/mol. The molecule has 0 N–H and O–H groups in total. The summed E-state index contributed by atoms with van der Waals surface area (Å²) < 4.78 is 53.9. The van der Waals surface area contributed by atoms with Crippen LogP contribution in [0.3, 0.4) is 0 Å². The van der Waals surface area contributed by atoms with E-state index in [0.29, 0.717) is 0 Å². The molecule has 0 spiro atoms. The van der Waals surface area contributed by atoms with Crippen LogP contribution in [-0.4, -0.2) is 31.7 Å². The van der Waals surface area contributed by atoms with E-state index < -0.39 is 26.6 Å². The van der Waals surface area contributed by atoms with Gasteiger partial charge in [0, 0.05) is 11.9 Å². The van der Waals surface area contributed by atoms with Gasteiger partial charge in [0.1, 0.15) is 6.54 Å². The Hall–Kier alpha value is -2.93. The third-order valence-corrected chi connectivity index (χ3v) is 7.89. The first-order valence-electron chi connectivity index (χ1n) is 8.67. The second-order valence-corrected chi connectivity index (χ2v) is 10.1. The van der Waals surface area contributed by atoms with Gasteiger partial charge in [0.15, 0.2) is 0 Å². The van der Waals surface area contributed by atoms with Crippen molar-refractivity contribution in [2.24, 2.45) is 0 Å². The van der Waals surface area contributed by atoms with Crippen molar-refractivity contribution in [2.45, 2.75) is 23.3 Å². The van der Waals surface area contributed by atoms with E-state index in [2.05, 4.69) is 0 Å². The molecule has 0 bridgehead atoms. The minimum atomic E-state index is -3.98. The summed E-state index contributed by atoms with van der Waals surface area (Å²) in [5.74, 6) is 0. The lowest BCUT2D eigenvalue weighted by Crippen LogP contribution is -2.32. The number of nitrogens with zero attached hydrogens (tertiary/aromatic N) is 3. The highest BCUT2D eigenvalue weighted by molar-refractivity contribution is 7.90. The van der Waals surface area contributed by atoms with Crippen molar-refractivity contribution in [3.8, 4) is 6.07 Å². The van der Waals surface area contributed by atoms with Crippen molar-refractivity contribution in [1.29, 1.82) is 5.26 Å². The number of nitriles is 1. The number of benzene rings is 2. The lowest BCUT2D eigenvalue weighted by Gasteiger charge is -2.20. The van der Waals surface area contributed by atoms with Crippen molar-refractivity contribution in [3.05, 3.63) is 84.2 Å². The Bertz CT molecular complexity index is 1240. The average molecular weight is 430 g/mol. The molecule has 0 radical (unpaired) electrons. The van der Waals surface area contributed by atoms with Crippen LogP contribution in [0, 0.1) is 18.3 Å². The fourth-order valence-corrected chi connectivity index (χ4v) is 5.50. The third-order valence-electron chi connectivity index (χ3n) is 4.34. The Balaban J connectivity index is 1.99. The fourth-order valence-electron chi connectivity index (χ4n) is 2.81. The summed E-state index contributed by atoms with van der Waals surface area (Å²) in [6.45, 7) is 1.17. The predicted octanol–water partition coefficient (Wildman–Crippen LogP) is 2.75. The number of aromatic nitrogens is 1. The number of aryl methyl sites for hydroxylation is 1. The molecule has 0 amide bonds. The summed E-state index contributed by atoms with van der Waals surface area (Å²) >= 11 is 0. The van der Waals surface area contributed by atoms with E-state index in [-0.39, 0.29) is 22.0 Å². The van der Waals surface area contributed by atoms with Crippen molar-refractivity contribution in [3.63, 3.8) is 0 Å². The van der Waals surface area contributed by atoms with Gasteiger partial charge in [-0.15, -0.1) is 0 Å². The molecule has 0 aliphatic heterocycles. The zero-order valence-electron chi connectivity index (χ0n) is 15.6. The molecule has 0 saturated carbocycles. The van der Waals surface area contributed by atoms with Crippen LogP contribution < -0.4 is 0 Å². The second kappa shape index (κ2) is 8.21. The topological polar surface area (TPSA) is 100 Å². The number of sulfonamides is 1. The average Bonchev–Trinajstić information content (AvgIpc) is 3.18. The van der Waals surface area contributed by atoms with E-state index >= 15 is 0 Å². The largest absolute Gasteiger partial charge is 0.267 e. The molecule has 9 heteroatoms. The summed E-state index contributed by atoms with van der Waals surface area (Å²) in [6.07, 6.45) is 1.36. The van der Waals surface area contributed by atoms with Crippen LogP contribution >= 0.6 is 0 Å². The van der Waals surface area contributed by atoms with E-state index in [4.69, 9.17) is 5.26 Å². The summed E-state index contributed by atoms with van der Waals surface area (Å²) in [5.41, 5.74) is 1.14.